The van der Waals surface area contributed by atoms with Gasteiger partial charge in [0.25, 0.3) is 5.56 Å². The Kier molecular flexibility index (Phi) is 4.15. The molecule has 3 aromatic rings. The van der Waals surface area contributed by atoms with E-state index in [1.54, 1.807) is 42.6 Å². The molecule has 0 aliphatic carbocycles. The zero-order valence-electron chi connectivity index (χ0n) is 14.4. The first kappa shape index (κ1) is 16.9. The number of nitrogens with zero attached hydrogens (tertiary/aromatic N) is 2. The first-order valence-corrected chi connectivity index (χ1v) is 8.25. The molecule has 1 N–H and O–H groups in total. The Morgan fingerprint density at radius 3 is 2.93 bits per heavy atom. The lowest BCUT2D eigenvalue weighted by Gasteiger charge is -2.18. The number of methoxy groups -OCH3 is 1. The molecule has 138 valence electrons. The molecule has 1 aliphatic heterocycles. The van der Waals surface area contributed by atoms with Crippen molar-refractivity contribution in [2.75, 3.05) is 13.9 Å². The van der Waals surface area contributed by atoms with E-state index < -0.39 is 23.3 Å². The highest BCUT2D eigenvalue weighted by atomic mass is 16.7. The minimum absolute atomic E-state index is 0.0166. The van der Waals surface area contributed by atoms with E-state index >= 15 is 0 Å². The SMILES string of the molecule is COC(=O)CC(c1ccc2c(c1)OCO2)c1c(O)nc2ccccn2c1=O. The van der Waals surface area contributed by atoms with Gasteiger partial charge in [0.2, 0.25) is 12.7 Å². The summed E-state index contributed by atoms with van der Waals surface area (Å²) in [5, 5.41) is 10.5. The van der Waals surface area contributed by atoms with Gasteiger partial charge in [-0.1, -0.05) is 12.1 Å². The third-order valence-electron chi connectivity index (χ3n) is 4.49. The van der Waals surface area contributed by atoms with Crippen LogP contribution in [0.3, 0.4) is 0 Å². The van der Waals surface area contributed by atoms with E-state index in [0.717, 1.165) is 0 Å². The molecule has 1 unspecified atom stereocenters. The summed E-state index contributed by atoms with van der Waals surface area (Å²) < 4.78 is 16.8. The van der Waals surface area contributed by atoms with Crippen molar-refractivity contribution < 1.29 is 24.1 Å². The molecule has 3 heterocycles. The fourth-order valence-electron chi connectivity index (χ4n) is 3.16. The molecule has 0 saturated carbocycles. The number of fused-ring (bicyclic) bond motifs is 2. The summed E-state index contributed by atoms with van der Waals surface area (Å²) >= 11 is 0. The summed E-state index contributed by atoms with van der Waals surface area (Å²) in [7, 11) is 1.27. The largest absolute Gasteiger partial charge is 0.493 e. The number of hydrogen-bond donors (Lipinski definition) is 1. The van der Waals surface area contributed by atoms with E-state index in [9.17, 15) is 14.7 Å². The van der Waals surface area contributed by atoms with Crippen LogP contribution in [0.5, 0.6) is 17.4 Å². The summed E-state index contributed by atoms with van der Waals surface area (Å²) in [6, 6.07) is 10.1. The number of carbonyl (C=O) groups excluding carboxylic acids is 1. The number of aromatic hydroxyl groups is 1. The average molecular weight is 368 g/mol. The molecule has 0 saturated heterocycles. The molecule has 27 heavy (non-hydrogen) atoms. The lowest BCUT2D eigenvalue weighted by molar-refractivity contribution is -0.140. The standard InChI is InChI=1S/C19H16N2O6/c1-25-16(22)9-12(11-5-6-13-14(8-11)27-10-26-13)17-18(23)20-15-4-2-3-7-21(15)19(17)24/h2-8,12,23H,9-10H2,1H3. The Labute approximate surface area is 153 Å². The Balaban J connectivity index is 1.90. The van der Waals surface area contributed by atoms with Crippen LogP contribution in [0, 0.1) is 0 Å². The van der Waals surface area contributed by atoms with Crippen molar-refractivity contribution in [2.24, 2.45) is 0 Å². The van der Waals surface area contributed by atoms with Crippen LogP contribution in [-0.2, 0) is 9.53 Å². The van der Waals surface area contributed by atoms with Gasteiger partial charge < -0.3 is 19.3 Å². The summed E-state index contributed by atoms with van der Waals surface area (Å²) in [5.41, 5.74) is 0.480. The van der Waals surface area contributed by atoms with Crippen LogP contribution in [0.4, 0.5) is 0 Å². The first-order chi connectivity index (χ1) is 13.1. The number of esters is 1. The van der Waals surface area contributed by atoms with E-state index in [1.165, 1.54) is 11.5 Å². The Bertz CT molecular complexity index is 1090. The lowest BCUT2D eigenvalue weighted by atomic mass is 9.89. The number of carbonyl (C=O) groups is 1. The molecule has 2 aromatic heterocycles. The van der Waals surface area contributed by atoms with E-state index in [2.05, 4.69) is 4.98 Å². The highest BCUT2D eigenvalue weighted by Crippen LogP contribution is 2.38. The lowest BCUT2D eigenvalue weighted by Crippen LogP contribution is -2.24. The molecule has 1 aromatic carbocycles. The fourth-order valence-corrected chi connectivity index (χ4v) is 3.16. The van der Waals surface area contributed by atoms with Crippen molar-refractivity contribution in [3.05, 3.63) is 64.1 Å². The topological polar surface area (TPSA) is 99.4 Å². The maximum Gasteiger partial charge on any atom is 0.306 e. The van der Waals surface area contributed by atoms with Crippen molar-refractivity contribution in [1.82, 2.24) is 9.38 Å². The van der Waals surface area contributed by atoms with Crippen LogP contribution in [0.1, 0.15) is 23.5 Å². The molecule has 0 spiro atoms. The minimum Gasteiger partial charge on any atom is -0.493 e. The number of hydrogen-bond acceptors (Lipinski definition) is 7. The van der Waals surface area contributed by atoms with Gasteiger partial charge in [-0.25, -0.2) is 0 Å². The van der Waals surface area contributed by atoms with Crippen LogP contribution in [0.25, 0.3) is 5.65 Å². The zero-order valence-corrected chi connectivity index (χ0v) is 14.4. The van der Waals surface area contributed by atoms with E-state index in [1.807, 2.05) is 0 Å². The highest BCUT2D eigenvalue weighted by molar-refractivity contribution is 5.71. The van der Waals surface area contributed by atoms with Gasteiger partial charge in [-0.15, -0.1) is 0 Å². The number of benzene rings is 1. The van der Waals surface area contributed by atoms with Gasteiger partial charge in [-0.2, -0.15) is 4.98 Å². The quantitative estimate of drug-likeness (QED) is 0.701. The van der Waals surface area contributed by atoms with E-state index in [0.29, 0.717) is 22.7 Å². The third kappa shape index (κ3) is 2.95. The molecule has 0 radical (unpaired) electrons. The van der Waals surface area contributed by atoms with Crippen LogP contribution in [-0.4, -0.2) is 34.4 Å². The van der Waals surface area contributed by atoms with Gasteiger partial charge in [-0.05, 0) is 29.8 Å². The van der Waals surface area contributed by atoms with Gasteiger partial charge >= 0.3 is 5.97 Å². The molecule has 8 heteroatoms. The van der Waals surface area contributed by atoms with Crippen LogP contribution >= 0.6 is 0 Å². The Morgan fingerprint density at radius 1 is 1.30 bits per heavy atom. The predicted molar refractivity (Wildman–Crippen MR) is 94.2 cm³/mol. The molecule has 0 fully saturated rings. The normalized spacial score (nSPS) is 13.5. The van der Waals surface area contributed by atoms with Gasteiger partial charge in [0.1, 0.15) is 5.65 Å². The van der Waals surface area contributed by atoms with Crippen LogP contribution in [0.2, 0.25) is 0 Å². The molecular weight excluding hydrogens is 352 g/mol. The monoisotopic (exact) mass is 368 g/mol. The van der Waals surface area contributed by atoms with Crippen LogP contribution in [0.15, 0.2) is 47.4 Å². The summed E-state index contributed by atoms with van der Waals surface area (Å²) in [6.07, 6.45) is 1.42. The Morgan fingerprint density at radius 2 is 2.11 bits per heavy atom. The first-order valence-electron chi connectivity index (χ1n) is 8.25. The number of aromatic nitrogens is 2. The molecule has 0 bridgehead atoms. The van der Waals surface area contributed by atoms with Crippen molar-refractivity contribution in [1.29, 1.82) is 0 Å². The highest BCUT2D eigenvalue weighted by Gasteiger charge is 2.28. The van der Waals surface area contributed by atoms with Gasteiger partial charge in [0.15, 0.2) is 11.5 Å². The molecular formula is C19H16N2O6. The second-order valence-electron chi connectivity index (χ2n) is 6.03. The average Bonchev–Trinajstić information content (AvgIpc) is 3.14. The summed E-state index contributed by atoms with van der Waals surface area (Å²) in [6.45, 7) is 0.103. The van der Waals surface area contributed by atoms with Gasteiger partial charge in [0.05, 0.1) is 19.1 Å². The Hall–Kier alpha value is -3.55. The second-order valence-corrected chi connectivity index (χ2v) is 6.03. The van der Waals surface area contributed by atoms with Gasteiger partial charge in [-0.3, -0.25) is 14.0 Å². The molecule has 4 rings (SSSR count). The number of ether oxygens (including phenoxy) is 3. The number of rotatable bonds is 4. The van der Waals surface area contributed by atoms with E-state index in [4.69, 9.17) is 14.2 Å². The minimum atomic E-state index is -0.760. The van der Waals surface area contributed by atoms with Crippen molar-refractivity contribution in [3.8, 4) is 17.4 Å². The molecule has 8 nitrogen and oxygen atoms in total. The molecule has 0 amide bonds. The second kappa shape index (κ2) is 6.64. The maximum atomic E-state index is 13.0. The zero-order chi connectivity index (χ0) is 19.0. The molecule has 1 atom stereocenters. The van der Waals surface area contributed by atoms with Crippen molar-refractivity contribution >= 4 is 11.6 Å². The smallest absolute Gasteiger partial charge is 0.306 e. The van der Waals surface area contributed by atoms with Crippen LogP contribution < -0.4 is 15.0 Å². The molecule has 1 aliphatic rings. The van der Waals surface area contributed by atoms with E-state index in [-0.39, 0.29) is 18.8 Å². The fraction of sp³-hybridized carbons (Fsp3) is 0.211. The third-order valence-corrected chi connectivity index (χ3v) is 4.49. The summed E-state index contributed by atoms with van der Waals surface area (Å²) in [5.74, 6) is -0.611. The van der Waals surface area contributed by atoms with Crippen molar-refractivity contribution in [2.45, 2.75) is 12.3 Å². The number of pyridine rings is 1. The summed E-state index contributed by atoms with van der Waals surface area (Å²) in [4.78, 5) is 29.1. The van der Waals surface area contributed by atoms with Crippen molar-refractivity contribution in [3.63, 3.8) is 0 Å². The maximum absolute atomic E-state index is 13.0. The predicted octanol–water partition coefficient (Wildman–Crippen LogP) is 1.82. The van der Waals surface area contributed by atoms with Gasteiger partial charge in [0, 0.05) is 12.1 Å².